The monoisotopic (exact) mass is 193 g/mol. The van der Waals surface area contributed by atoms with Crippen LogP contribution in [0.2, 0.25) is 0 Å². The standard InChI is InChI=1S/C10H15N3O/c1-2-14-7-3-5-11-8-10-4-6-12-9-13-10/h2,4,6,9,11H,1,3,5,7-8H2. The highest BCUT2D eigenvalue weighted by atomic mass is 16.5. The van der Waals surface area contributed by atoms with Gasteiger partial charge in [0.25, 0.3) is 0 Å². The Hall–Kier alpha value is -1.42. The molecule has 0 amide bonds. The van der Waals surface area contributed by atoms with Gasteiger partial charge in [-0.1, -0.05) is 6.58 Å². The Labute approximate surface area is 84.0 Å². The van der Waals surface area contributed by atoms with Crippen LogP contribution in [-0.4, -0.2) is 23.1 Å². The molecule has 0 unspecified atom stereocenters. The minimum Gasteiger partial charge on any atom is -0.502 e. The summed E-state index contributed by atoms with van der Waals surface area (Å²) in [5, 5.41) is 3.26. The van der Waals surface area contributed by atoms with Crippen molar-refractivity contribution < 1.29 is 4.74 Å². The Bertz CT molecular complexity index is 251. The normalized spacial score (nSPS) is 9.71. The minimum atomic E-state index is 0.709. The average Bonchev–Trinajstić information content (AvgIpc) is 2.25. The second-order valence-corrected chi connectivity index (χ2v) is 2.77. The van der Waals surface area contributed by atoms with E-state index in [1.54, 1.807) is 12.5 Å². The molecule has 0 radical (unpaired) electrons. The number of nitrogens with one attached hydrogen (secondary N) is 1. The lowest BCUT2D eigenvalue weighted by Crippen LogP contribution is -2.16. The van der Waals surface area contributed by atoms with Crippen molar-refractivity contribution in [2.24, 2.45) is 0 Å². The Morgan fingerprint density at radius 1 is 1.57 bits per heavy atom. The van der Waals surface area contributed by atoms with E-state index in [2.05, 4.69) is 21.9 Å². The molecule has 1 rings (SSSR count). The van der Waals surface area contributed by atoms with Gasteiger partial charge in [-0.2, -0.15) is 0 Å². The van der Waals surface area contributed by atoms with Crippen molar-refractivity contribution in [3.8, 4) is 0 Å². The molecule has 0 bridgehead atoms. The molecule has 76 valence electrons. The van der Waals surface area contributed by atoms with E-state index in [1.165, 1.54) is 6.26 Å². The largest absolute Gasteiger partial charge is 0.502 e. The van der Waals surface area contributed by atoms with Gasteiger partial charge in [0.1, 0.15) is 6.33 Å². The first-order chi connectivity index (χ1) is 6.93. The third kappa shape index (κ3) is 4.57. The molecule has 1 aromatic rings. The Balaban J connectivity index is 2.02. The molecule has 4 nitrogen and oxygen atoms in total. The molecule has 0 atom stereocenters. The molecule has 0 saturated carbocycles. The fourth-order valence-corrected chi connectivity index (χ4v) is 1.00. The number of hydrogen-bond acceptors (Lipinski definition) is 4. The van der Waals surface area contributed by atoms with Crippen molar-refractivity contribution in [3.63, 3.8) is 0 Å². The summed E-state index contributed by atoms with van der Waals surface area (Å²) in [6.07, 6.45) is 5.73. The molecule has 0 aliphatic heterocycles. The van der Waals surface area contributed by atoms with Crippen LogP contribution in [-0.2, 0) is 11.3 Å². The molecule has 1 N–H and O–H groups in total. The zero-order valence-corrected chi connectivity index (χ0v) is 8.15. The highest BCUT2D eigenvalue weighted by Gasteiger charge is 1.91. The predicted molar refractivity (Wildman–Crippen MR) is 54.5 cm³/mol. The Kier molecular flexibility index (Phi) is 5.35. The highest BCUT2D eigenvalue weighted by Crippen LogP contribution is 1.89. The molecule has 1 heterocycles. The van der Waals surface area contributed by atoms with Crippen LogP contribution in [0.4, 0.5) is 0 Å². The molecule has 0 saturated heterocycles. The van der Waals surface area contributed by atoms with Gasteiger partial charge in [0.2, 0.25) is 0 Å². The van der Waals surface area contributed by atoms with Crippen LogP contribution in [0, 0.1) is 0 Å². The second kappa shape index (κ2) is 7.03. The van der Waals surface area contributed by atoms with Crippen LogP contribution in [0.3, 0.4) is 0 Å². The summed E-state index contributed by atoms with van der Waals surface area (Å²) in [5.41, 5.74) is 1.00. The van der Waals surface area contributed by atoms with Gasteiger partial charge in [0.15, 0.2) is 0 Å². The van der Waals surface area contributed by atoms with Gasteiger partial charge in [-0.15, -0.1) is 0 Å². The number of aromatic nitrogens is 2. The van der Waals surface area contributed by atoms with Gasteiger partial charge in [0, 0.05) is 12.7 Å². The SMILES string of the molecule is C=COCCCNCc1ccncn1. The lowest BCUT2D eigenvalue weighted by molar-refractivity contribution is 0.244. The van der Waals surface area contributed by atoms with Crippen molar-refractivity contribution in [2.75, 3.05) is 13.2 Å². The maximum Gasteiger partial charge on any atom is 0.115 e. The molecular formula is C10H15N3O. The first-order valence-corrected chi connectivity index (χ1v) is 4.61. The van der Waals surface area contributed by atoms with Crippen molar-refractivity contribution >= 4 is 0 Å². The quantitative estimate of drug-likeness (QED) is 0.520. The second-order valence-electron chi connectivity index (χ2n) is 2.77. The van der Waals surface area contributed by atoms with Gasteiger partial charge in [-0.3, -0.25) is 0 Å². The molecule has 0 aromatic carbocycles. The van der Waals surface area contributed by atoms with E-state index < -0.39 is 0 Å². The maximum atomic E-state index is 4.98. The smallest absolute Gasteiger partial charge is 0.115 e. The summed E-state index contributed by atoms with van der Waals surface area (Å²) >= 11 is 0. The van der Waals surface area contributed by atoms with Gasteiger partial charge >= 0.3 is 0 Å². The van der Waals surface area contributed by atoms with Crippen LogP contribution < -0.4 is 5.32 Å². The lowest BCUT2D eigenvalue weighted by atomic mass is 10.4. The molecule has 0 spiro atoms. The highest BCUT2D eigenvalue weighted by molar-refractivity contribution is 4.96. The zero-order valence-electron chi connectivity index (χ0n) is 8.15. The van der Waals surface area contributed by atoms with E-state index in [9.17, 15) is 0 Å². The van der Waals surface area contributed by atoms with Gasteiger partial charge in [0.05, 0.1) is 18.6 Å². The molecular weight excluding hydrogens is 178 g/mol. The lowest BCUT2D eigenvalue weighted by Gasteiger charge is -2.03. The van der Waals surface area contributed by atoms with E-state index in [4.69, 9.17) is 4.74 Å². The summed E-state index contributed by atoms with van der Waals surface area (Å²) in [6.45, 7) is 5.86. The van der Waals surface area contributed by atoms with Crippen LogP contribution in [0.25, 0.3) is 0 Å². The number of hydrogen-bond donors (Lipinski definition) is 1. The van der Waals surface area contributed by atoms with E-state index in [1.807, 2.05) is 6.07 Å². The topological polar surface area (TPSA) is 47.0 Å². The summed E-state index contributed by atoms with van der Waals surface area (Å²) in [4.78, 5) is 7.94. The molecule has 0 fully saturated rings. The minimum absolute atomic E-state index is 0.709. The molecule has 0 aliphatic carbocycles. The van der Waals surface area contributed by atoms with E-state index in [0.29, 0.717) is 6.61 Å². The first-order valence-electron chi connectivity index (χ1n) is 4.61. The first kappa shape index (κ1) is 10.7. The Morgan fingerprint density at radius 3 is 3.21 bits per heavy atom. The molecule has 4 heteroatoms. The van der Waals surface area contributed by atoms with Crippen LogP contribution in [0.5, 0.6) is 0 Å². The van der Waals surface area contributed by atoms with E-state index in [0.717, 1.165) is 25.2 Å². The summed E-state index contributed by atoms with van der Waals surface area (Å²) in [6, 6.07) is 1.90. The number of rotatable bonds is 7. The van der Waals surface area contributed by atoms with Crippen molar-refractivity contribution in [3.05, 3.63) is 37.1 Å². The van der Waals surface area contributed by atoms with E-state index >= 15 is 0 Å². The zero-order chi connectivity index (χ0) is 10.1. The summed E-state index contributed by atoms with van der Waals surface area (Å²) in [5.74, 6) is 0. The van der Waals surface area contributed by atoms with Crippen molar-refractivity contribution in [1.29, 1.82) is 0 Å². The fourth-order valence-electron chi connectivity index (χ4n) is 1.00. The third-order valence-electron chi connectivity index (χ3n) is 1.68. The van der Waals surface area contributed by atoms with Crippen molar-refractivity contribution in [1.82, 2.24) is 15.3 Å². The fraction of sp³-hybridized carbons (Fsp3) is 0.400. The number of ether oxygens (including phenoxy) is 1. The van der Waals surface area contributed by atoms with Gasteiger partial charge < -0.3 is 10.1 Å². The molecule has 0 aliphatic rings. The van der Waals surface area contributed by atoms with Crippen LogP contribution in [0.15, 0.2) is 31.4 Å². The predicted octanol–water partition coefficient (Wildman–Crippen LogP) is 1.12. The average molecular weight is 193 g/mol. The number of nitrogens with zero attached hydrogens (tertiary/aromatic N) is 2. The van der Waals surface area contributed by atoms with Crippen molar-refractivity contribution in [2.45, 2.75) is 13.0 Å². The Morgan fingerprint density at radius 2 is 2.50 bits per heavy atom. The molecule has 14 heavy (non-hydrogen) atoms. The van der Waals surface area contributed by atoms with E-state index in [-0.39, 0.29) is 0 Å². The van der Waals surface area contributed by atoms with Gasteiger partial charge in [-0.05, 0) is 19.0 Å². The molecule has 1 aromatic heterocycles. The third-order valence-corrected chi connectivity index (χ3v) is 1.68. The van der Waals surface area contributed by atoms with Gasteiger partial charge in [-0.25, -0.2) is 9.97 Å². The van der Waals surface area contributed by atoms with Crippen LogP contribution >= 0.6 is 0 Å². The summed E-state index contributed by atoms with van der Waals surface area (Å²) < 4.78 is 4.98. The van der Waals surface area contributed by atoms with Crippen LogP contribution in [0.1, 0.15) is 12.1 Å². The maximum absolute atomic E-state index is 4.98. The summed E-state index contributed by atoms with van der Waals surface area (Å²) in [7, 11) is 0.